The Morgan fingerprint density at radius 1 is 1.36 bits per heavy atom. The van der Waals surface area contributed by atoms with Gasteiger partial charge in [0, 0.05) is 24.2 Å². The lowest BCUT2D eigenvalue weighted by molar-refractivity contribution is -0.144. The molecule has 22 heavy (non-hydrogen) atoms. The van der Waals surface area contributed by atoms with E-state index in [1.165, 1.54) is 0 Å². The number of benzene rings is 1. The largest absolute Gasteiger partial charge is 0.464 e. The molecule has 0 aromatic heterocycles. The first kappa shape index (κ1) is 16.2. The number of hydrogen-bond donors (Lipinski definition) is 1. The molecule has 0 spiro atoms. The maximum absolute atomic E-state index is 12.1. The van der Waals surface area contributed by atoms with Crippen molar-refractivity contribution in [2.45, 2.75) is 39.7 Å². The summed E-state index contributed by atoms with van der Waals surface area (Å²) in [7, 11) is 0. The monoisotopic (exact) mass is 302 g/mol. The standard InChI is InChI=1S/C17H22N2O3/c1-4-22-16(21)13(9-11-5-7-12(18)8-6-11)19-14-10-15(20)17(14,2)3/h5-8,13H,4,9-10,18H2,1-3H3/t13-/m0/s1. The van der Waals surface area contributed by atoms with Crippen molar-refractivity contribution in [3.05, 3.63) is 29.8 Å². The minimum Gasteiger partial charge on any atom is -0.464 e. The molecule has 5 nitrogen and oxygen atoms in total. The Morgan fingerprint density at radius 3 is 2.50 bits per heavy atom. The van der Waals surface area contributed by atoms with Gasteiger partial charge in [0.2, 0.25) is 0 Å². The predicted molar refractivity (Wildman–Crippen MR) is 85.8 cm³/mol. The number of anilines is 1. The van der Waals surface area contributed by atoms with Crippen LogP contribution in [0.2, 0.25) is 0 Å². The van der Waals surface area contributed by atoms with Crippen molar-refractivity contribution in [1.82, 2.24) is 0 Å². The van der Waals surface area contributed by atoms with E-state index < -0.39 is 11.5 Å². The van der Waals surface area contributed by atoms with Crippen LogP contribution in [0.1, 0.15) is 32.8 Å². The highest BCUT2D eigenvalue weighted by Crippen LogP contribution is 2.34. The molecular weight excluding hydrogens is 280 g/mol. The molecule has 1 aliphatic rings. The van der Waals surface area contributed by atoms with Crippen molar-refractivity contribution in [2.75, 3.05) is 12.3 Å². The molecule has 1 fully saturated rings. The second kappa shape index (κ2) is 6.30. The van der Waals surface area contributed by atoms with Crippen LogP contribution in [-0.2, 0) is 20.7 Å². The van der Waals surface area contributed by atoms with Gasteiger partial charge in [-0.15, -0.1) is 0 Å². The van der Waals surface area contributed by atoms with Gasteiger partial charge in [0.15, 0.2) is 6.04 Å². The maximum Gasteiger partial charge on any atom is 0.331 e. The number of ether oxygens (including phenoxy) is 1. The third-order valence-corrected chi connectivity index (χ3v) is 4.03. The van der Waals surface area contributed by atoms with Gasteiger partial charge in [-0.1, -0.05) is 12.1 Å². The first-order chi connectivity index (χ1) is 10.3. The van der Waals surface area contributed by atoms with Crippen molar-refractivity contribution < 1.29 is 14.3 Å². The quantitative estimate of drug-likeness (QED) is 0.667. The van der Waals surface area contributed by atoms with Gasteiger partial charge in [-0.2, -0.15) is 0 Å². The minimum absolute atomic E-state index is 0.154. The van der Waals surface area contributed by atoms with E-state index in [2.05, 4.69) is 4.99 Å². The van der Waals surface area contributed by atoms with Crippen molar-refractivity contribution in [3.63, 3.8) is 0 Å². The number of esters is 1. The van der Waals surface area contributed by atoms with E-state index in [0.29, 0.717) is 25.1 Å². The number of nitrogens with two attached hydrogens (primary N) is 1. The summed E-state index contributed by atoms with van der Waals surface area (Å²) >= 11 is 0. The highest BCUT2D eigenvalue weighted by atomic mass is 16.5. The van der Waals surface area contributed by atoms with Crippen molar-refractivity contribution in [3.8, 4) is 0 Å². The van der Waals surface area contributed by atoms with Crippen LogP contribution in [0.15, 0.2) is 29.3 Å². The van der Waals surface area contributed by atoms with Gasteiger partial charge < -0.3 is 10.5 Å². The zero-order valence-electron chi connectivity index (χ0n) is 13.3. The summed E-state index contributed by atoms with van der Waals surface area (Å²) in [5, 5.41) is 0. The molecule has 0 radical (unpaired) electrons. The van der Waals surface area contributed by atoms with Gasteiger partial charge in [-0.25, -0.2) is 4.79 Å². The lowest BCUT2D eigenvalue weighted by atomic mass is 9.68. The summed E-state index contributed by atoms with van der Waals surface area (Å²) in [4.78, 5) is 28.3. The van der Waals surface area contributed by atoms with Crippen molar-refractivity contribution >= 4 is 23.2 Å². The molecule has 1 aliphatic carbocycles. The molecule has 118 valence electrons. The first-order valence-corrected chi connectivity index (χ1v) is 7.46. The second-order valence-corrected chi connectivity index (χ2v) is 6.01. The number of carbonyl (C=O) groups is 2. The molecule has 1 aromatic rings. The van der Waals surface area contributed by atoms with Gasteiger partial charge >= 0.3 is 5.97 Å². The van der Waals surface area contributed by atoms with Crippen molar-refractivity contribution in [2.24, 2.45) is 10.4 Å². The SMILES string of the molecule is CCOC(=O)[C@H](Cc1ccc(N)cc1)N=C1CC(=O)C1(C)C. The molecule has 2 rings (SSSR count). The molecule has 0 saturated heterocycles. The molecule has 0 amide bonds. The molecule has 0 unspecified atom stereocenters. The van der Waals surface area contributed by atoms with E-state index >= 15 is 0 Å². The summed E-state index contributed by atoms with van der Waals surface area (Å²) in [6, 6.07) is 6.71. The summed E-state index contributed by atoms with van der Waals surface area (Å²) < 4.78 is 5.11. The fourth-order valence-electron chi connectivity index (χ4n) is 2.34. The van der Waals surface area contributed by atoms with Crippen LogP contribution in [-0.4, -0.2) is 30.1 Å². The minimum atomic E-state index is -0.619. The summed E-state index contributed by atoms with van der Waals surface area (Å²) in [5.41, 5.74) is 7.51. The zero-order chi connectivity index (χ0) is 16.3. The molecule has 0 bridgehead atoms. The summed E-state index contributed by atoms with van der Waals surface area (Å²) in [6.07, 6.45) is 0.761. The van der Waals surface area contributed by atoms with Gasteiger partial charge in [0.1, 0.15) is 5.78 Å². The van der Waals surface area contributed by atoms with E-state index in [1.807, 2.05) is 26.0 Å². The van der Waals surface area contributed by atoms with Crippen LogP contribution >= 0.6 is 0 Å². The molecule has 2 N–H and O–H groups in total. The molecule has 1 saturated carbocycles. The number of rotatable bonds is 5. The van der Waals surface area contributed by atoms with Gasteiger partial charge in [0.25, 0.3) is 0 Å². The van der Waals surface area contributed by atoms with Crippen LogP contribution < -0.4 is 5.73 Å². The van der Waals surface area contributed by atoms with E-state index in [9.17, 15) is 9.59 Å². The van der Waals surface area contributed by atoms with Crippen LogP contribution in [0.3, 0.4) is 0 Å². The number of carbonyl (C=O) groups excluding carboxylic acids is 2. The Morgan fingerprint density at radius 2 is 2.00 bits per heavy atom. The van der Waals surface area contributed by atoms with Gasteiger partial charge in [-0.05, 0) is 38.5 Å². The lowest BCUT2D eigenvalue weighted by Crippen LogP contribution is -2.47. The number of hydrogen-bond acceptors (Lipinski definition) is 5. The molecule has 1 aromatic carbocycles. The first-order valence-electron chi connectivity index (χ1n) is 7.46. The van der Waals surface area contributed by atoms with Gasteiger partial charge in [0.05, 0.1) is 12.0 Å². The molecule has 5 heteroatoms. The third-order valence-electron chi connectivity index (χ3n) is 4.03. The van der Waals surface area contributed by atoms with Crippen LogP contribution in [0.4, 0.5) is 5.69 Å². The molecule has 0 heterocycles. The Labute approximate surface area is 130 Å². The van der Waals surface area contributed by atoms with Crippen LogP contribution in [0.25, 0.3) is 0 Å². The molecule has 0 aliphatic heterocycles. The Hall–Kier alpha value is -2.17. The average Bonchev–Trinajstić information content (AvgIpc) is 2.48. The number of nitrogen functional groups attached to an aromatic ring is 1. The maximum atomic E-state index is 12.1. The van der Waals surface area contributed by atoms with Crippen LogP contribution in [0, 0.1) is 5.41 Å². The van der Waals surface area contributed by atoms with Crippen molar-refractivity contribution in [1.29, 1.82) is 0 Å². The zero-order valence-corrected chi connectivity index (χ0v) is 13.3. The number of nitrogens with zero attached hydrogens (tertiary/aromatic N) is 1. The Kier molecular flexibility index (Phi) is 4.64. The highest BCUT2D eigenvalue weighted by Gasteiger charge is 2.44. The topological polar surface area (TPSA) is 81.8 Å². The summed E-state index contributed by atoms with van der Waals surface area (Å²) in [6.45, 7) is 5.75. The predicted octanol–water partition coefficient (Wildman–Crippen LogP) is 2.18. The van der Waals surface area contributed by atoms with Gasteiger partial charge in [-0.3, -0.25) is 9.79 Å². The second-order valence-electron chi connectivity index (χ2n) is 6.01. The summed E-state index contributed by atoms with van der Waals surface area (Å²) in [5.74, 6) is -0.205. The number of aliphatic imine (C=N–C) groups is 1. The van der Waals surface area contributed by atoms with E-state index in [1.54, 1.807) is 19.1 Å². The Bertz CT molecular complexity index is 603. The molecule has 1 atom stereocenters. The fourth-order valence-corrected chi connectivity index (χ4v) is 2.34. The number of ketones is 1. The number of Topliss-reactive ketones (excluding diaryl/α,β-unsaturated/α-hetero) is 1. The fraction of sp³-hybridized carbons (Fsp3) is 0.471. The lowest BCUT2D eigenvalue weighted by Gasteiger charge is -2.35. The van der Waals surface area contributed by atoms with Crippen LogP contribution in [0.5, 0.6) is 0 Å². The normalized spacial score (nSPS) is 19.6. The van der Waals surface area contributed by atoms with E-state index in [4.69, 9.17) is 10.5 Å². The van der Waals surface area contributed by atoms with E-state index in [-0.39, 0.29) is 11.8 Å². The van der Waals surface area contributed by atoms with E-state index in [0.717, 1.165) is 11.3 Å². The highest BCUT2D eigenvalue weighted by molar-refractivity contribution is 6.26. The Balaban J connectivity index is 2.20. The third kappa shape index (κ3) is 3.35. The smallest absolute Gasteiger partial charge is 0.331 e. The average molecular weight is 302 g/mol. The molecular formula is C17H22N2O3.